The van der Waals surface area contributed by atoms with Crippen LogP contribution in [0.5, 0.6) is 5.75 Å². The number of ether oxygens (including phenoxy) is 1. The monoisotopic (exact) mass is 396 g/mol. The van der Waals surface area contributed by atoms with Gasteiger partial charge in [-0.05, 0) is 45.1 Å². The predicted molar refractivity (Wildman–Crippen MR) is 111 cm³/mol. The standard InChI is InChI=1S/C21H24N4O4/c1-3-28-21(27)17-18(26)16(12-14-13-23-19-15(14)6-4-7-22-19)29-20(17)25-9-5-8-24(2)10-11-25/h4,6-7,12-13,26H,3,5,8-11H2,1-2H3. The number of hydrogen-bond donors (Lipinski definition) is 1. The summed E-state index contributed by atoms with van der Waals surface area (Å²) in [5.74, 6) is 0.372. The van der Waals surface area contributed by atoms with Gasteiger partial charge >= 0.3 is 5.97 Å². The lowest BCUT2D eigenvalue weighted by Gasteiger charge is -2.20. The summed E-state index contributed by atoms with van der Waals surface area (Å²) in [6, 6.07) is 3.73. The van der Waals surface area contributed by atoms with E-state index in [1.165, 1.54) is 0 Å². The third kappa shape index (κ3) is 3.75. The van der Waals surface area contributed by atoms with Gasteiger partial charge in [0.2, 0.25) is 5.88 Å². The molecule has 0 atom stereocenters. The lowest BCUT2D eigenvalue weighted by atomic mass is 10.1. The Morgan fingerprint density at radius 2 is 2.21 bits per heavy atom. The number of carbonyl (C=O) groups excluding carboxylic acids is 1. The molecule has 0 aliphatic carbocycles. The molecule has 1 N–H and O–H groups in total. The third-order valence-electron chi connectivity index (χ3n) is 5.09. The summed E-state index contributed by atoms with van der Waals surface area (Å²) in [5.41, 5.74) is 1.68. The number of nitrogens with zero attached hydrogens (tertiary/aromatic N) is 4. The molecule has 2 aromatic rings. The number of aromatic hydroxyl groups is 1. The summed E-state index contributed by atoms with van der Waals surface area (Å²) in [4.78, 5) is 25.3. The highest BCUT2D eigenvalue weighted by atomic mass is 16.5. The maximum atomic E-state index is 12.6. The minimum Gasteiger partial charge on any atom is -0.504 e. The van der Waals surface area contributed by atoms with Crippen LogP contribution in [0, 0.1) is 0 Å². The molecule has 0 aromatic carbocycles. The zero-order valence-electron chi connectivity index (χ0n) is 16.6. The van der Waals surface area contributed by atoms with Gasteiger partial charge < -0.3 is 24.1 Å². The molecular formula is C21H24N4O4. The normalized spacial score (nSPS) is 18.1. The van der Waals surface area contributed by atoms with E-state index in [0.717, 1.165) is 37.2 Å². The molecule has 0 amide bonds. The van der Waals surface area contributed by atoms with E-state index in [1.807, 2.05) is 17.0 Å². The van der Waals surface area contributed by atoms with Crippen LogP contribution in [0.2, 0.25) is 0 Å². The number of rotatable bonds is 4. The molecule has 2 aromatic heterocycles. The number of likely N-dealkylation sites (N-methyl/N-ethyl adjacent to an activating group) is 1. The number of allylic oxidation sites excluding steroid dienone is 1. The van der Waals surface area contributed by atoms with Crippen LogP contribution < -0.4 is 4.90 Å². The second-order valence-electron chi connectivity index (χ2n) is 7.09. The first kappa shape index (κ1) is 19.2. The van der Waals surface area contributed by atoms with Crippen LogP contribution in [0.4, 0.5) is 11.7 Å². The molecule has 4 rings (SSSR count). The Balaban J connectivity index is 1.75. The van der Waals surface area contributed by atoms with E-state index >= 15 is 0 Å². The minimum atomic E-state index is -0.590. The Bertz CT molecular complexity index is 979. The largest absolute Gasteiger partial charge is 0.504 e. The van der Waals surface area contributed by atoms with Crippen molar-refractivity contribution in [1.29, 1.82) is 0 Å². The van der Waals surface area contributed by atoms with E-state index in [0.29, 0.717) is 18.2 Å². The van der Waals surface area contributed by atoms with Gasteiger partial charge in [0.15, 0.2) is 22.9 Å². The minimum absolute atomic E-state index is 0.0737. The summed E-state index contributed by atoms with van der Waals surface area (Å²) in [6.07, 6.45) is 5.96. The third-order valence-corrected chi connectivity index (χ3v) is 5.09. The molecule has 0 unspecified atom stereocenters. The molecule has 1 saturated heterocycles. The molecule has 29 heavy (non-hydrogen) atoms. The summed E-state index contributed by atoms with van der Waals surface area (Å²) in [7, 11) is 2.07. The van der Waals surface area contributed by atoms with Crippen molar-refractivity contribution in [2.24, 2.45) is 4.99 Å². The highest BCUT2D eigenvalue weighted by Crippen LogP contribution is 2.40. The second kappa shape index (κ2) is 8.08. The van der Waals surface area contributed by atoms with Crippen molar-refractivity contribution in [3.63, 3.8) is 0 Å². The topological polar surface area (TPSA) is 91.4 Å². The summed E-state index contributed by atoms with van der Waals surface area (Å²) < 4.78 is 11.2. The molecule has 8 nitrogen and oxygen atoms in total. The van der Waals surface area contributed by atoms with Gasteiger partial charge in [0.05, 0.1) is 6.61 Å². The number of aliphatic imine (C=N–C) groups is 1. The van der Waals surface area contributed by atoms with E-state index in [-0.39, 0.29) is 23.7 Å². The van der Waals surface area contributed by atoms with Crippen molar-refractivity contribution < 1.29 is 19.1 Å². The number of furan rings is 1. The van der Waals surface area contributed by atoms with Crippen LogP contribution in [-0.4, -0.2) is 67.0 Å². The number of hydrogen-bond acceptors (Lipinski definition) is 8. The number of aromatic nitrogens is 1. The predicted octanol–water partition coefficient (Wildman–Crippen LogP) is 2.96. The number of anilines is 1. The average molecular weight is 396 g/mol. The molecule has 8 heteroatoms. The Labute approximate surface area is 169 Å². The molecule has 0 spiro atoms. The summed E-state index contributed by atoms with van der Waals surface area (Å²) in [5, 5.41) is 10.8. The van der Waals surface area contributed by atoms with E-state index in [1.54, 1.807) is 25.4 Å². The van der Waals surface area contributed by atoms with Crippen molar-refractivity contribution >= 4 is 35.5 Å². The van der Waals surface area contributed by atoms with Crippen LogP contribution in [0.3, 0.4) is 0 Å². The molecular weight excluding hydrogens is 372 g/mol. The molecule has 152 valence electrons. The van der Waals surface area contributed by atoms with Crippen molar-refractivity contribution in [2.45, 2.75) is 13.3 Å². The first-order valence-corrected chi connectivity index (χ1v) is 9.76. The molecule has 0 saturated carbocycles. The number of pyridine rings is 1. The molecule has 1 fully saturated rings. The lowest BCUT2D eigenvalue weighted by molar-refractivity contribution is 0.0523. The van der Waals surface area contributed by atoms with Gasteiger partial charge in [-0.3, -0.25) is 0 Å². The van der Waals surface area contributed by atoms with Crippen LogP contribution in [0.1, 0.15) is 35.0 Å². The first-order valence-electron chi connectivity index (χ1n) is 9.76. The Morgan fingerprint density at radius 1 is 1.34 bits per heavy atom. The lowest BCUT2D eigenvalue weighted by Crippen LogP contribution is -2.29. The SMILES string of the molecule is CCOC(=O)c1c(N2CCCN(C)CC2)oc(C=C2C=Nc3ncccc32)c1O. The Hall–Kier alpha value is -3.13. The van der Waals surface area contributed by atoms with Gasteiger partial charge in [-0.2, -0.15) is 0 Å². The summed E-state index contributed by atoms with van der Waals surface area (Å²) >= 11 is 0. The van der Waals surface area contributed by atoms with Crippen LogP contribution in [-0.2, 0) is 4.74 Å². The van der Waals surface area contributed by atoms with Gasteiger partial charge in [0.25, 0.3) is 0 Å². The quantitative estimate of drug-likeness (QED) is 0.795. The highest BCUT2D eigenvalue weighted by molar-refractivity contribution is 6.21. The van der Waals surface area contributed by atoms with Gasteiger partial charge in [-0.1, -0.05) is 0 Å². The van der Waals surface area contributed by atoms with Gasteiger partial charge in [0, 0.05) is 43.2 Å². The van der Waals surface area contributed by atoms with Crippen molar-refractivity contribution in [1.82, 2.24) is 9.88 Å². The first-order chi connectivity index (χ1) is 14.1. The number of esters is 1. The van der Waals surface area contributed by atoms with E-state index in [9.17, 15) is 9.90 Å². The maximum absolute atomic E-state index is 12.6. The van der Waals surface area contributed by atoms with E-state index < -0.39 is 5.97 Å². The van der Waals surface area contributed by atoms with Crippen molar-refractivity contribution in [3.8, 4) is 5.75 Å². The van der Waals surface area contributed by atoms with Crippen molar-refractivity contribution in [2.75, 3.05) is 44.7 Å². The zero-order valence-corrected chi connectivity index (χ0v) is 16.6. The van der Waals surface area contributed by atoms with E-state index in [2.05, 4.69) is 21.9 Å². The van der Waals surface area contributed by atoms with Gasteiger partial charge in [-0.15, -0.1) is 0 Å². The van der Waals surface area contributed by atoms with Crippen molar-refractivity contribution in [3.05, 3.63) is 35.2 Å². The van der Waals surface area contributed by atoms with Gasteiger partial charge in [0.1, 0.15) is 0 Å². The fraction of sp³-hybridized carbons (Fsp3) is 0.381. The zero-order chi connectivity index (χ0) is 20.4. The number of fused-ring (bicyclic) bond motifs is 1. The highest BCUT2D eigenvalue weighted by Gasteiger charge is 2.30. The Kier molecular flexibility index (Phi) is 5.35. The van der Waals surface area contributed by atoms with Gasteiger partial charge in [-0.25, -0.2) is 14.8 Å². The summed E-state index contributed by atoms with van der Waals surface area (Å²) in [6.45, 7) is 5.18. The number of carbonyl (C=O) groups is 1. The van der Waals surface area contributed by atoms with Crippen LogP contribution in [0.25, 0.3) is 11.6 Å². The van der Waals surface area contributed by atoms with Crippen LogP contribution >= 0.6 is 0 Å². The Morgan fingerprint density at radius 3 is 3.03 bits per heavy atom. The fourth-order valence-electron chi connectivity index (χ4n) is 3.57. The van der Waals surface area contributed by atoms with E-state index in [4.69, 9.17) is 9.15 Å². The maximum Gasteiger partial charge on any atom is 0.347 e. The van der Waals surface area contributed by atoms with Crippen LogP contribution in [0.15, 0.2) is 27.7 Å². The molecule has 0 radical (unpaired) electrons. The molecule has 4 heterocycles. The molecule has 0 bridgehead atoms. The fourth-order valence-corrected chi connectivity index (χ4v) is 3.57. The smallest absolute Gasteiger partial charge is 0.347 e. The average Bonchev–Trinajstić information content (AvgIpc) is 3.18. The molecule has 2 aliphatic rings. The molecule has 2 aliphatic heterocycles. The second-order valence-corrected chi connectivity index (χ2v) is 7.09.